The van der Waals surface area contributed by atoms with E-state index in [4.69, 9.17) is 20.5 Å². The molecule has 2 aromatic carbocycles. The minimum atomic E-state index is -2.72. The lowest BCUT2D eigenvalue weighted by atomic mass is 10.1. The van der Waals surface area contributed by atoms with Crippen molar-refractivity contribution in [1.29, 1.82) is 0 Å². The zero-order chi connectivity index (χ0) is 22.7. The van der Waals surface area contributed by atoms with Crippen molar-refractivity contribution < 1.29 is 8.85 Å². The van der Waals surface area contributed by atoms with Crippen LogP contribution in [0, 0.1) is 0 Å². The van der Waals surface area contributed by atoms with Crippen LogP contribution in [0.3, 0.4) is 0 Å². The molecule has 0 spiro atoms. The van der Waals surface area contributed by atoms with Gasteiger partial charge in [-0.25, -0.2) is 0 Å². The van der Waals surface area contributed by atoms with E-state index in [9.17, 15) is 0 Å². The van der Waals surface area contributed by atoms with Gasteiger partial charge in [0.1, 0.15) is 0 Å². The fourth-order valence-corrected chi connectivity index (χ4v) is 7.47. The van der Waals surface area contributed by atoms with Crippen molar-refractivity contribution in [2.75, 3.05) is 19.1 Å². The van der Waals surface area contributed by atoms with Gasteiger partial charge >= 0.3 is 8.56 Å². The molecule has 0 fully saturated rings. The Kier molecular flexibility index (Phi) is 14.7. The summed E-state index contributed by atoms with van der Waals surface area (Å²) in [6.45, 7) is 3.78. The van der Waals surface area contributed by atoms with E-state index in [2.05, 4.69) is 67.6 Å². The average molecular weight is 475 g/mol. The molecule has 0 N–H and O–H groups in total. The molecule has 178 valence electrons. The SMILES string of the molecule is CCCCCCCCO[Si](OCCCCCCCCCl)(c1ccccc1)c1ccccc1. The molecule has 0 atom stereocenters. The van der Waals surface area contributed by atoms with Crippen molar-refractivity contribution in [2.45, 2.75) is 84.0 Å². The van der Waals surface area contributed by atoms with Crippen LogP contribution in [0.1, 0.15) is 84.0 Å². The van der Waals surface area contributed by atoms with E-state index in [0.717, 1.165) is 38.4 Å². The number of alkyl halides is 1. The molecular weight excluding hydrogens is 432 g/mol. The van der Waals surface area contributed by atoms with E-state index in [-0.39, 0.29) is 0 Å². The van der Waals surface area contributed by atoms with Crippen LogP contribution in [-0.4, -0.2) is 27.7 Å². The number of halogens is 1. The Morgan fingerprint density at radius 2 is 0.969 bits per heavy atom. The summed E-state index contributed by atoms with van der Waals surface area (Å²) in [7, 11) is -2.72. The highest BCUT2D eigenvalue weighted by Gasteiger charge is 2.42. The molecule has 0 amide bonds. The summed E-state index contributed by atoms with van der Waals surface area (Å²) in [5.74, 6) is 0.779. The molecule has 2 aromatic rings. The molecule has 2 rings (SSSR count). The van der Waals surface area contributed by atoms with Gasteiger partial charge < -0.3 is 8.85 Å². The Morgan fingerprint density at radius 3 is 1.41 bits per heavy atom. The van der Waals surface area contributed by atoms with Gasteiger partial charge in [0.05, 0.1) is 0 Å². The quantitative estimate of drug-likeness (QED) is 0.121. The lowest BCUT2D eigenvalue weighted by Crippen LogP contribution is -2.63. The van der Waals surface area contributed by atoms with Gasteiger partial charge in [0.2, 0.25) is 0 Å². The molecule has 0 bridgehead atoms. The van der Waals surface area contributed by atoms with Crippen LogP contribution < -0.4 is 10.4 Å². The molecule has 0 aliphatic rings. The molecule has 4 heteroatoms. The third-order valence-electron chi connectivity index (χ3n) is 5.94. The molecule has 32 heavy (non-hydrogen) atoms. The third-order valence-corrected chi connectivity index (χ3v) is 9.62. The van der Waals surface area contributed by atoms with Gasteiger partial charge in [-0.3, -0.25) is 0 Å². The Bertz CT molecular complexity index is 641. The summed E-state index contributed by atoms with van der Waals surface area (Å²) >= 11 is 5.79. The zero-order valence-corrected chi connectivity index (χ0v) is 21.8. The van der Waals surface area contributed by atoms with Crippen molar-refractivity contribution in [3.05, 3.63) is 60.7 Å². The van der Waals surface area contributed by atoms with Gasteiger partial charge in [0, 0.05) is 19.1 Å². The van der Waals surface area contributed by atoms with E-state index in [1.807, 2.05) is 0 Å². The fraction of sp³-hybridized carbons (Fsp3) is 0.571. The van der Waals surface area contributed by atoms with Gasteiger partial charge in [-0.1, -0.05) is 125 Å². The monoisotopic (exact) mass is 474 g/mol. The van der Waals surface area contributed by atoms with Crippen molar-refractivity contribution >= 4 is 30.5 Å². The predicted molar refractivity (Wildman–Crippen MR) is 142 cm³/mol. The second kappa shape index (κ2) is 17.4. The highest BCUT2D eigenvalue weighted by molar-refractivity contribution is 6.92. The zero-order valence-electron chi connectivity index (χ0n) is 20.1. The summed E-state index contributed by atoms with van der Waals surface area (Å²) in [6.07, 6.45) is 14.7. The van der Waals surface area contributed by atoms with Crippen LogP contribution in [0.25, 0.3) is 0 Å². The first-order chi connectivity index (χ1) is 15.8. The fourth-order valence-electron chi connectivity index (χ4n) is 4.07. The maximum atomic E-state index is 6.77. The summed E-state index contributed by atoms with van der Waals surface area (Å²) < 4.78 is 13.5. The highest BCUT2D eigenvalue weighted by Crippen LogP contribution is 2.14. The first-order valence-electron chi connectivity index (χ1n) is 12.8. The van der Waals surface area contributed by atoms with E-state index >= 15 is 0 Å². The van der Waals surface area contributed by atoms with Crippen LogP contribution in [0.4, 0.5) is 0 Å². The molecule has 0 radical (unpaired) electrons. The summed E-state index contributed by atoms with van der Waals surface area (Å²) in [4.78, 5) is 0. The maximum absolute atomic E-state index is 6.77. The van der Waals surface area contributed by atoms with Crippen molar-refractivity contribution in [2.24, 2.45) is 0 Å². The van der Waals surface area contributed by atoms with E-state index in [1.54, 1.807) is 0 Å². The largest absolute Gasteiger partial charge is 0.407 e. The summed E-state index contributed by atoms with van der Waals surface area (Å²) in [5.41, 5.74) is 0. The molecule has 0 heterocycles. The lowest BCUT2D eigenvalue weighted by molar-refractivity contribution is 0.184. The second-order valence-electron chi connectivity index (χ2n) is 8.62. The van der Waals surface area contributed by atoms with Crippen molar-refractivity contribution in [3.63, 3.8) is 0 Å². The number of unbranched alkanes of at least 4 members (excludes halogenated alkanes) is 10. The Morgan fingerprint density at radius 1 is 0.562 bits per heavy atom. The number of rotatable bonds is 19. The number of benzene rings is 2. The van der Waals surface area contributed by atoms with E-state index < -0.39 is 8.56 Å². The van der Waals surface area contributed by atoms with Crippen molar-refractivity contribution in [1.82, 2.24) is 0 Å². The molecular formula is C28H43ClO2Si. The molecule has 0 aliphatic heterocycles. The van der Waals surface area contributed by atoms with Gasteiger partial charge in [0.15, 0.2) is 0 Å². The predicted octanol–water partition coefficient (Wildman–Crippen LogP) is 7.22. The standard InChI is InChI=1S/C28H43ClO2Si/c1-2-3-4-5-9-18-25-30-32(27-20-13-11-14-21-27,28-22-15-12-16-23-28)31-26-19-10-7-6-8-17-24-29/h11-16,20-23H,2-10,17-19,24-26H2,1H3. The molecule has 0 unspecified atom stereocenters. The van der Waals surface area contributed by atoms with Gasteiger partial charge in [-0.2, -0.15) is 0 Å². The summed E-state index contributed by atoms with van der Waals surface area (Å²) in [5, 5.41) is 2.42. The maximum Gasteiger partial charge on any atom is 0.407 e. The molecule has 0 aromatic heterocycles. The molecule has 0 aliphatic carbocycles. The molecule has 2 nitrogen and oxygen atoms in total. The van der Waals surface area contributed by atoms with E-state index in [0.29, 0.717) is 0 Å². The number of hydrogen-bond donors (Lipinski definition) is 0. The third kappa shape index (κ3) is 9.78. The Hall–Kier alpha value is -1.13. The van der Waals surface area contributed by atoms with Gasteiger partial charge in [0.25, 0.3) is 0 Å². The van der Waals surface area contributed by atoms with Crippen LogP contribution in [-0.2, 0) is 8.85 Å². The summed E-state index contributed by atoms with van der Waals surface area (Å²) in [6, 6.07) is 21.3. The van der Waals surface area contributed by atoms with E-state index in [1.165, 1.54) is 68.2 Å². The molecule has 0 saturated carbocycles. The smallest absolute Gasteiger partial charge is 0.388 e. The number of hydrogen-bond acceptors (Lipinski definition) is 2. The molecule has 0 saturated heterocycles. The second-order valence-corrected chi connectivity index (χ2v) is 12.0. The Balaban J connectivity index is 2.02. The Labute approximate surface area is 202 Å². The minimum absolute atomic E-state index is 0.752. The van der Waals surface area contributed by atoms with Crippen LogP contribution in [0.15, 0.2) is 60.7 Å². The van der Waals surface area contributed by atoms with Crippen LogP contribution >= 0.6 is 11.6 Å². The van der Waals surface area contributed by atoms with Crippen molar-refractivity contribution in [3.8, 4) is 0 Å². The van der Waals surface area contributed by atoms with Crippen LogP contribution in [0.2, 0.25) is 0 Å². The first-order valence-corrected chi connectivity index (χ1v) is 15.1. The topological polar surface area (TPSA) is 18.5 Å². The lowest BCUT2D eigenvalue weighted by Gasteiger charge is -2.31. The van der Waals surface area contributed by atoms with Gasteiger partial charge in [-0.05, 0) is 29.6 Å². The normalized spacial score (nSPS) is 11.7. The highest BCUT2D eigenvalue weighted by atomic mass is 35.5. The van der Waals surface area contributed by atoms with Gasteiger partial charge in [-0.15, -0.1) is 11.6 Å². The average Bonchev–Trinajstić information content (AvgIpc) is 2.85. The minimum Gasteiger partial charge on any atom is -0.388 e. The first kappa shape index (κ1) is 27.1. The van der Waals surface area contributed by atoms with Crippen LogP contribution in [0.5, 0.6) is 0 Å².